The monoisotopic (exact) mass is 458 g/mol. The molecule has 0 fully saturated rings. The number of sulfonamides is 2. The maximum absolute atomic E-state index is 11.2. The van der Waals surface area contributed by atoms with Gasteiger partial charge in [-0.05, 0) is 11.1 Å². The molecular weight excluding hydrogens is 448 g/mol. The van der Waals surface area contributed by atoms with Crippen LogP contribution in [0.2, 0.25) is 0 Å². The molecule has 12 nitrogen and oxygen atoms in total. The first-order chi connectivity index (χ1) is 13.1. The molecule has 28 heavy (non-hydrogen) atoms. The minimum Gasteiger partial charge on any atom is -0.226 e. The third kappa shape index (κ3) is 5.27. The lowest BCUT2D eigenvalue weighted by atomic mass is 10.2. The highest BCUT2D eigenvalue weighted by atomic mass is 32.3. The number of rotatable bonds is 6. The van der Waals surface area contributed by atoms with Crippen LogP contribution in [-0.2, 0) is 20.0 Å². The van der Waals surface area contributed by atoms with Crippen LogP contribution in [0.15, 0.2) is 42.9 Å². The normalized spacial score (nSPS) is 12.9. The lowest BCUT2D eigenvalue weighted by molar-refractivity contribution is 0.594. The van der Waals surface area contributed by atoms with Gasteiger partial charge in [0.2, 0.25) is 18.9 Å². The Morgan fingerprint density at radius 3 is 1.36 bits per heavy atom. The van der Waals surface area contributed by atoms with E-state index in [0.29, 0.717) is 0 Å². The molecule has 0 atom stereocenters. The molecule has 3 rings (SSSR count). The van der Waals surface area contributed by atoms with Crippen molar-refractivity contribution >= 4 is 65.4 Å². The van der Waals surface area contributed by atoms with E-state index in [1.54, 1.807) is 24.3 Å². The number of primary sulfonamides is 2. The van der Waals surface area contributed by atoms with E-state index in [0.717, 1.165) is 33.8 Å². The highest BCUT2D eigenvalue weighted by molar-refractivity contribution is 7.91. The van der Waals surface area contributed by atoms with Gasteiger partial charge in [-0.1, -0.05) is 46.9 Å². The molecule has 4 N–H and O–H groups in total. The molecule has 16 heteroatoms. The Kier molecular flexibility index (Phi) is 5.68. The van der Waals surface area contributed by atoms with Crippen molar-refractivity contribution in [1.29, 1.82) is 0 Å². The standard InChI is InChI=1S/C12H10N8O4S4/c13-27(21,22)11-19-17-9(25-11)15-5-7-1-2-8(4-3-7)6-16-10-18-20-12(26-10)28(14,23)24/h1-6H,(H2,13,21,22)(H2,14,23,24). The SMILES string of the molecule is NS(=O)(=O)c1nnc(N=Cc2ccc(C=Nc3nnc(S(N)(=O)=O)s3)cc2)s1. The summed E-state index contributed by atoms with van der Waals surface area (Å²) in [5, 5.41) is 24.4. The van der Waals surface area contributed by atoms with Crippen LogP contribution in [-0.4, -0.2) is 49.7 Å². The van der Waals surface area contributed by atoms with Crippen LogP contribution in [0.4, 0.5) is 10.3 Å². The first kappa shape index (κ1) is 20.2. The number of nitrogens with two attached hydrogens (primary N) is 2. The average molecular weight is 459 g/mol. The Morgan fingerprint density at radius 2 is 1.07 bits per heavy atom. The smallest absolute Gasteiger partial charge is 0.226 e. The minimum absolute atomic E-state index is 0.150. The van der Waals surface area contributed by atoms with Crippen LogP contribution in [0, 0.1) is 0 Å². The number of aromatic nitrogens is 4. The number of hydrogen-bond donors (Lipinski definition) is 2. The predicted octanol–water partition coefficient (Wildman–Crippen LogP) is 0.186. The third-order valence-electron chi connectivity index (χ3n) is 2.86. The second-order valence-electron chi connectivity index (χ2n) is 4.97. The summed E-state index contributed by atoms with van der Waals surface area (Å²) in [5.41, 5.74) is 1.44. The molecule has 0 saturated carbocycles. The molecule has 0 amide bonds. The number of aliphatic imine (C=N–C) groups is 2. The Balaban J connectivity index is 1.68. The molecule has 0 radical (unpaired) electrons. The molecule has 0 aliphatic heterocycles. The molecule has 0 bridgehead atoms. The van der Waals surface area contributed by atoms with Gasteiger partial charge >= 0.3 is 0 Å². The van der Waals surface area contributed by atoms with Gasteiger partial charge in [-0.15, -0.1) is 20.4 Å². The number of benzene rings is 1. The fraction of sp³-hybridized carbons (Fsp3) is 0. The number of nitrogens with zero attached hydrogens (tertiary/aromatic N) is 6. The van der Waals surface area contributed by atoms with Gasteiger partial charge in [0.25, 0.3) is 20.0 Å². The van der Waals surface area contributed by atoms with E-state index in [1.807, 2.05) is 0 Å². The Bertz CT molecular complexity index is 1160. The topological polar surface area (TPSA) is 197 Å². The van der Waals surface area contributed by atoms with Gasteiger partial charge in [0.15, 0.2) is 0 Å². The van der Waals surface area contributed by atoms with Crippen molar-refractivity contribution in [1.82, 2.24) is 20.4 Å². The second-order valence-corrected chi connectivity index (χ2v) is 10.4. The molecule has 2 aromatic heterocycles. The van der Waals surface area contributed by atoms with Gasteiger partial charge in [0.1, 0.15) is 0 Å². The molecule has 0 unspecified atom stereocenters. The lowest BCUT2D eigenvalue weighted by Gasteiger charge is -1.94. The fourth-order valence-corrected chi connectivity index (χ4v) is 4.20. The molecule has 1 aromatic carbocycles. The van der Waals surface area contributed by atoms with Crippen LogP contribution >= 0.6 is 22.7 Å². The minimum atomic E-state index is -3.90. The Morgan fingerprint density at radius 1 is 0.714 bits per heavy atom. The van der Waals surface area contributed by atoms with Gasteiger partial charge < -0.3 is 0 Å². The molecule has 146 valence electrons. The first-order valence-electron chi connectivity index (χ1n) is 7.02. The zero-order valence-electron chi connectivity index (χ0n) is 13.6. The van der Waals surface area contributed by atoms with Crippen molar-refractivity contribution in [2.24, 2.45) is 20.3 Å². The van der Waals surface area contributed by atoms with Crippen LogP contribution in [0.5, 0.6) is 0 Å². The second kappa shape index (κ2) is 7.86. The van der Waals surface area contributed by atoms with Crippen molar-refractivity contribution in [3.63, 3.8) is 0 Å². The van der Waals surface area contributed by atoms with Crippen molar-refractivity contribution in [2.45, 2.75) is 8.68 Å². The van der Waals surface area contributed by atoms with Crippen LogP contribution < -0.4 is 10.3 Å². The summed E-state index contributed by atoms with van der Waals surface area (Å²) in [6, 6.07) is 6.95. The van der Waals surface area contributed by atoms with Crippen molar-refractivity contribution < 1.29 is 16.8 Å². The average Bonchev–Trinajstić information content (AvgIpc) is 3.28. The summed E-state index contributed by atoms with van der Waals surface area (Å²) in [5.74, 6) is 0. The maximum atomic E-state index is 11.2. The van der Waals surface area contributed by atoms with E-state index >= 15 is 0 Å². The van der Waals surface area contributed by atoms with E-state index in [1.165, 1.54) is 12.4 Å². The highest BCUT2D eigenvalue weighted by Crippen LogP contribution is 2.22. The third-order valence-corrected chi connectivity index (χ3v) is 7.15. The summed E-state index contributed by atoms with van der Waals surface area (Å²) in [6.45, 7) is 0. The quantitative estimate of drug-likeness (QED) is 0.488. The van der Waals surface area contributed by atoms with Gasteiger partial charge in [0, 0.05) is 12.4 Å². The Labute approximate surface area is 166 Å². The van der Waals surface area contributed by atoms with Gasteiger partial charge in [-0.25, -0.2) is 37.1 Å². The van der Waals surface area contributed by atoms with E-state index in [9.17, 15) is 16.8 Å². The van der Waals surface area contributed by atoms with Crippen molar-refractivity contribution in [2.75, 3.05) is 0 Å². The summed E-state index contributed by atoms with van der Waals surface area (Å²) >= 11 is 1.51. The van der Waals surface area contributed by atoms with Gasteiger partial charge in [-0.3, -0.25) is 0 Å². The van der Waals surface area contributed by atoms with Gasteiger partial charge in [0.05, 0.1) is 0 Å². The molecule has 2 heterocycles. The van der Waals surface area contributed by atoms with E-state index in [4.69, 9.17) is 10.3 Å². The summed E-state index contributed by atoms with van der Waals surface area (Å²) in [4.78, 5) is 8.08. The van der Waals surface area contributed by atoms with Crippen LogP contribution in [0.3, 0.4) is 0 Å². The maximum Gasteiger partial charge on any atom is 0.267 e. The fourth-order valence-electron chi connectivity index (χ4n) is 1.67. The van der Waals surface area contributed by atoms with Crippen molar-refractivity contribution in [3.8, 4) is 0 Å². The molecular formula is C12H10N8O4S4. The first-order valence-corrected chi connectivity index (χ1v) is 11.7. The summed E-state index contributed by atoms with van der Waals surface area (Å²) < 4.78 is 44.0. The van der Waals surface area contributed by atoms with E-state index < -0.39 is 20.0 Å². The zero-order valence-corrected chi connectivity index (χ0v) is 16.8. The molecule has 0 aliphatic rings. The molecule has 0 aliphatic carbocycles. The predicted molar refractivity (Wildman–Crippen MR) is 104 cm³/mol. The largest absolute Gasteiger partial charge is 0.267 e. The summed E-state index contributed by atoms with van der Waals surface area (Å²) in [7, 11) is -7.80. The highest BCUT2D eigenvalue weighted by Gasteiger charge is 2.15. The molecule has 0 saturated heterocycles. The van der Waals surface area contributed by atoms with Gasteiger partial charge in [-0.2, -0.15) is 0 Å². The van der Waals surface area contributed by atoms with E-state index in [2.05, 4.69) is 30.4 Å². The van der Waals surface area contributed by atoms with Crippen LogP contribution in [0.1, 0.15) is 11.1 Å². The molecule has 3 aromatic rings. The number of hydrogen-bond acceptors (Lipinski definition) is 12. The Hall–Kier alpha value is -2.50. The van der Waals surface area contributed by atoms with Crippen molar-refractivity contribution in [3.05, 3.63) is 35.4 Å². The van der Waals surface area contributed by atoms with Crippen LogP contribution in [0.25, 0.3) is 0 Å². The van der Waals surface area contributed by atoms with E-state index in [-0.39, 0.29) is 18.9 Å². The summed E-state index contributed by atoms with van der Waals surface area (Å²) in [6.07, 6.45) is 2.97. The zero-order chi connectivity index (χ0) is 20.4. The molecule has 0 spiro atoms. The lowest BCUT2D eigenvalue weighted by Crippen LogP contribution is -2.11.